The van der Waals surface area contributed by atoms with Gasteiger partial charge in [0.25, 0.3) is 5.91 Å². The van der Waals surface area contributed by atoms with E-state index in [2.05, 4.69) is 15.2 Å². The van der Waals surface area contributed by atoms with E-state index in [1.807, 2.05) is 11.6 Å². The standard InChI is InChI=1S/C15H16ClN3OS/c16-12-5-3-11(4-6-12)14(20)18-10-13-2-1-8-19(13)15-17-7-9-21-15/h3-7,9,13H,1-2,8,10H2,(H,18,20). The molecule has 1 aromatic carbocycles. The van der Waals surface area contributed by atoms with Crippen LogP contribution in [0.2, 0.25) is 5.02 Å². The Kier molecular flexibility index (Phi) is 4.41. The van der Waals surface area contributed by atoms with Gasteiger partial charge in [0.1, 0.15) is 0 Å². The molecule has 0 bridgehead atoms. The molecule has 4 nitrogen and oxygen atoms in total. The molecule has 0 aliphatic carbocycles. The Morgan fingerprint density at radius 2 is 2.24 bits per heavy atom. The summed E-state index contributed by atoms with van der Waals surface area (Å²) in [5.41, 5.74) is 0.637. The molecule has 3 rings (SSSR count). The maximum atomic E-state index is 12.1. The van der Waals surface area contributed by atoms with E-state index in [4.69, 9.17) is 11.6 Å². The molecule has 1 N–H and O–H groups in total. The van der Waals surface area contributed by atoms with Gasteiger partial charge in [0.15, 0.2) is 5.13 Å². The molecule has 1 saturated heterocycles. The van der Waals surface area contributed by atoms with Crippen molar-refractivity contribution >= 4 is 34.0 Å². The van der Waals surface area contributed by atoms with Crippen LogP contribution < -0.4 is 10.2 Å². The molecule has 110 valence electrons. The van der Waals surface area contributed by atoms with Gasteiger partial charge in [-0.3, -0.25) is 4.79 Å². The molecule has 1 atom stereocenters. The number of halogens is 1. The molecule has 1 unspecified atom stereocenters. The zero-order chi connectivity index (χ0) is 14.7. The second-order valence-electron chi connectivity index (χ2n) is 5.02. The van der Waals surface area contributed by atoms with Gasteiger partial charge >= 0.3 is 0 Å². The summed E-state index contributed by atoms with van der Waals surface area (Å²) in [6.45, 7) is 1.65. The molecule has 2 aromatic rings. The number of amides is 1. The van der Waals surface area contributed by atoms with Crippen LogP contribution in [-0.4, -0.2) is 30.0 Å². The molecular weight excluding hydrogens is 306 g/mol. The SMILES string of the molecule is O=C(NCC1CCCN1c1nccs1)c1ccc(Cl)cc1. The molecular formula is C15H16ClN3OS. The quantitative estimate of drug-likeness (QED) is 0.940. The molecule has 0 radical (unpaired) electrons. The summed E-state index contributed by atoms with van der Waals surface area (Å²) in [5.74, 6) is -0.0577. The Bertz CT molecular complexity index is 600. The summed E-state index contributed by atoms with van der Waals surface area (Å²) in [6, 6.07) is 7.27. The summed E-state index contributed by atoms with van der Waals surface area (Å²) in [5, 5.41) is 6.67. The maximum absolute atomic E-state index is 12.1. The fourth-order valence-corrected chi connectivity index (χ4v) is 3.44. The van der Waals surface area contributed by atoms with Crippen LogP contribution in [0.4, 0.5) is 5.13 Å². The van der Waals surface area contributed by atoms with Crippen molar-refractivity contribution in [3.05, 3.63) is 46.4 Å². The van der Waals surface area contributed by atoms with E-state index < -0.39 is 0 Å². The summed E-state index contributed by atoms with van der Waals surface area (Å²) in [7, 11) is 0. The average molecular weight is 322 g/mol. The molecule has 0 spiro atoms. The van der Waals surface area contributed by atoms with Crippen molar-refractivity contribution in [3.63, 3.8) is 0 Å². The second kappa shape index (κ2) is 6.45. The molecule has 6 heteroatoms. The third kappa shape index (κ3) is 3.36. The highest BCUT2D eigenvalue weighted by atomic mass is 35.5. The van der Waals surface area contributed by atoms with Gasteiger partial charge in [-0.25, -0.2) is 4.98 Å². The van der Waals surface area contributed by atoms with Crippen molar-refractivity contribution < 1.29 is 4.79 Å². The largest absolute Gasteiger partial charge is 0.350 e. The van der Waals surface area contributed by atoms with E-state index in [-0.39, 0.29) is 5.91 Å². The lowest BCUT2D eigenvalue weighted by Crippen LogP contribution is -2.40. The number of hydrogen-bond acceptors (Lipinski definition) is 4. The summed E-state index contributed by atoms with van der Waals surface area (Å²) < 4.78 is 0. The van der Waals surface area contributed by atoms with Crippen LogP contribution >= 0.6 is 22.9 Å². The number of nitrogens with one attached hydrogen (secondary N) is 1. The zero-order valence-corrected chi connectivity index (χ0v) is 13.0. The highest BCUT2D eigenvalue weighted by molar-refractivity contribution is 7.13. The van der Waals surface area contributed by atoms with Crippen LogP contribution in [-0.2, 0) is 0 Å². The first kappa shape index (κ1) is 14.4. The lowest BCUT2D eigenvalue weighted by Gasteiger charge is -2.24. The smallest absolute Gasteiger partial charge is 0.251 e. The first-order valence-electron chi connectivity index (χ1n) is 6.94. The molecule has 1 amide bonds. The van der Waals surface area contributed by atoms with Crippen LogP contribution in [0.3, 0.4) is 0 Å². The van der Waals surface area contributed by atoms with Gasteiger partial charge in [-0.1, -0.05) is 11.6 Å². The Balaban J connectivity index is 1.59. The second-order valence-corrected chi connectivity index (χ2v) is 6.33. The lowest BCUT2D eigenvalue weighted by molar-refractivity contribution is 0.0951. The van der Waals surface area contributed by atoms with E-state index in [0.717, 1.165) is 24.5 Å². The summed E-state index contributed by atoms with van der Waals surface area (Å²) >= 11 is 7.47. The summed E-state index contributed by atoms with van der Waals surface area (Å²) in [4.78, 5) is 18.8. The van der Waals surface area contributed by atoms with Gasteiger partial charge in [0.05, 0.1) is 0 Å². The summed E-state index contributed by atoms with van der Waals surface area (Å²) in [6.07, 6.45) is 4.04. The monoisotopic (exact) mass is 321 g/mol. The minimum atomic E-state index is -0.0577. The van der Waals surface area contributed by atoms with Gasteiger partial charge < -0.3 is 10.2 Å². The van der Waals surface area contributed by atoms with E-state index in [0.29, 0.717) is 23.2 Å². The first-order valence-corrected chi connectivity index (χ1v) is 8.20. The number of nitrogens with zero attached hydrogens (tertiary/aromatic N) is 2. The van der Waals surface area contributed by atoms with Crippen LogP contribution in [0, 0.1) is 0 Å². The maximum Gasteiger partial charge on any atom is 0.251 e. The average Bonchev–Trinajstić information content (AvgIpc) is 3.16. The normalized spacial score (nSPS) is 18.0. The Labute approximate surface area is 132 Å². The predicted octanol–water partition coefficient (Wildman–Crippen LogP) is 3.20. The minimum absolute atomic E-state index is 0.0577. The van der Waals surface area contributed by atoms with Crippen molar-refractivity contribution in [3.8, 4) is 0 Å². The molecule has 1 fully saturated rings. The zero-order valence-electron chi connectivity index (χ0n) is 11.5. The van der Waals surface area contributed by atoms with Gasteiger partial charge in [-0.2, -0.15) is 0 Å². The number of anilines is 1. The Morgan fingerprint density at radius 1 is 1.43 bits per heavy atom. The molecule has 1 aliphatic heterocycles. The predicted molar refractivity (Wildman–Crippen MR) is 86.3 cm³/mol. The fraction of sp³-hybridized carbons (Fsp3) is 0.333. The highest BCUT2D eigenvalue weighted by Gasteiger charge is 2.26. The number of carbonyl (C=O) groups excluding carboxylic acids is 1. The van der Waals surface area contributed by atoms with Gasteiger partial charge in [0, 0.05) is 41.3 Å². The number of rotatable bonds is 4. The number of carbonyl (C=O) groups is 1. The van der Waals surface area contributed by atoms with Crippen LogP contribution in [0.1, 0.15) is 23.2 Å². The number of hydrogen-bond donors (Lipinski definition) is 1. The number of benzene rings is 1. The van der Waals surface area contributed by atoms with Crippen LogP contribution in [0.25, 0.3) is 0 Å². The molecule has 2 heterocycles. The van der Waals surface area contributed by atoms with Crippen molar-refractivity contribution in [2.45, 2.75) is 18.9 Å². The minimum Gasteiger partial charge on any atom is -0.350 e. The topological polar surface area (TPSA) is 45.2 Å². The van der Waals surface area contributed by atoms with E-state index >= 15 is 0 Å². The van der Waals surface area contributed by atoms with Crippen molar-refractivity contribution in [2.75, 3.05) is 18.0 Å². The van der Waals surface area contributed by atoms with Crippen molar-refractivity contribution in [1.82, 2.24) is 10.3 Å². The number of thiazole rings is 1. The molecule has 1 aliphatic rings. The van der Waals surface area contributed by atoms with Gasteiger partial charge in [-0.15, -0.1) is 11.3 Å². The molecule has 0 saturated carbocycles. The fourth-order valence-electron chi connectivity index (χ4n) is 2.57. The van der Waals surface area contributed by atoms with Crippen LogP contribution in [0.5, 0.6) is 0 Å². The Morgan fingerprint density at radius 3 is 2.95 bits per heavy atom. The third-order valence-corrected chi connectivity index (χ3v) is 4.71. The highest BCUT2D eigenvalue weighted by Crippen LogP contribution is 2.26. The number of aromatic nitrogens is 1. The third-order valence-electron chi connectivity index (χ3n) is 3.65. The van der Waals surface area contributed by atoms with Gasteiger partial charge in [-0.05, 0) is 37.1 Å². The first-order chi connectivity index (χ1) is 10.2. The van der Waals surface area contributed by atoms with E-state index in [1.54, 1.807) is 35.6 Å². The Hall–Kier alpha value is -1.59. The van der Waals surface area contributed by atoms with E-state index in [1.165, 1.54) is 0 Å². The lowest BCUT2D eigenvalue weighted by atomic mass is 10.2. The molecule has 1 aromatic heterocycles. The van der Waals surface area contributed by atoms with Crippen molar-refractivity contribution in [1.29, 1.82) is 0 Å². The molecule has 21 heavy (non-hydrogen) atoms. The van der Waals surface area contributed by atoms with Crippen molar-refractivity contribution in [2.24, 2.45) is 0 Å². The van der Waals surface area contributed by atoms with Crippen LogP contribution in [0.15, 0.2) is 35.8 Å². The van der Waals surface area contributed by atoms with Gasteiger partial charge in [0.2, 0.25) is 0 Å². The van der Waals surface area contributed by atoms with E-state index in [9.17, 15) is 4.79 Å².